The van der Waals surface area contributed by atoms with Crippen molar-refractivity contribution in [1.82, 2.24) is 19.9 Å². The molecule has 6 unspecified atom stereocenters. The molecule has 0 aromatic carbocycles. The number of nitrogens with two attached hydrogens (primary N) is 2. The van der Waals surface area contributed by atoms with Crippen molar-refractivity contribution in [3.05, 3.63) is 11.4 Å². The summed E-state index contributed by atoms with van der Waals surface area (Å²) in [6.45, 7) is -9.30. The topological polar surface area (TPSA) is 386 Å². The average Bonchev–Trinajstić information content (AvgIpc) is 3.90. The fraction of sp³-hybridized carbons (Fsp3) is 0.680. The van der Waals surface area contributed by atoms with Gasteiger partial charge in [0, 0.05) is 11.8 Å². The van der Waals surface area contributed by atoms with E-state index in [1.54, 1.807) is 12.5 Å². The number of aliphatic hydroxyl groups is 4. The van der Waals surface area contributed by atoms with Crippen molar-refractivity contribution in [2.24, 2.45) is 32.3 Å². The van der Waals surface area contributed by atoms with E-state index < -0.39 is 105 Å². The predicted octanol–water partition coefficient (Wildman–Crippen LogP) is 3.12. The molecule has 0 amide bonds. The monoisotopic (exact) mass is 1020 g/mol. The van der Waals surface area contributed by atoms with E-state index in [-0.39, 0.29) is 35.9 Å². The highest BCUT2D eigenvalue weighted by Crippen LogP contribution is 2.83. The van der Waals surface area contributed by atoms with Crippen LogP contribution in [0.1, 0.15) is 36.3 Å². The normalized spacial score (nSPS) is 32.9. The van der Waals surface area contributed by atoms with Gasteiger partial charge in [0.25, 0.3) is 0 Å². The minimum absolute atomic E-state index is 0.0598. The van der Waals surface area contributed by atoms with Gasteiger partial charge in [-0.25, -0.2) is 28.6 Å². The van der Waals surface area contributed by atoms with Gasteiger partial charge in [0.1, 0.15) is 48.4 Å². The summed E-state index contributed by atoms with van der Waals surface area (Å²) in [5.74, 6) is -1.56. The number of hydrogen-bond acceptors (Lipinski definition) is 24. The van der Waals surface area contributed by atoms with Gasteiger partial charge in [-0.2, -0.15) is 10.2 Å². The Kier molecular flexibility index (Phi) is 14.5. The summed E-state index contributed by atoms with van der Waals surface area (Å²) in [4.78, 5) is 60.0. The quantitative estimate of drug-likeness (QED) is 0.0500. The SMILES string of the molecule is CSc1nc(N)c2c(n1)C([C@@H]1C[C@H](OCP(O)(=S)OP(=O)(O)C(Cl)(Cl)P(=O)(O)OP(O)(=S)CO[C@H]3C[C@@H](C4N=Nc5c(N)nc(SC)nc54)[C@H](O)[C@@H]3O)[C@@H](O)[C@H]1O)N=N2. The van der Waals surface area contributed by atoms with E-state index in [0.717, 1.165) is 0 Å². The third kappa shape index (κ3) is 9.65. The standard InChI is InChI=1S/C25H36Cl2N10O14P4S4/c1-58-23-30-13-11(34-36-15(13)21(28)32-23)7-3-9(19(40)17(7)38)48-5-52(42,56)50-54(44,45)25(26,27)55(46,47)51-53(43,57)6-49-10-4-8(18(39)20(10)41)12-14-16(37-35-12)22(29)33-24(31-14)59-2/h7-12,17-20,38-41H,3-6H2,1-2H3,(H,42,56)(H,43,57)(H,44,45)(H,46,47)(H2,28,30,32)(H2,29,31,33)/t7-,8-,9-,10-,11?,12?,17-,18-,19+,20+,52?,53?/m0/s1. The first-order chi connectivity index (χ1) is 27.3. The molecule has 12 N–H and O–H groups in total. The highest BCUT2D eigenvalue weighted by atomic mass is 35.5. The third-order valence-corrected chi connectivity index (χ3v) is 22.7. The van der Waals surface area contributed by atoms with Gasteiger partial charge in [-0.05, 0) is 49.0 Å². The number of fused-ring (bicyclic) bond motifs is 2. The van der Waals surface area contributed by atoms with Gasteiger partial charge >= 0.3 is 19.0 Å². The van der Waals surface area contributed by atoms with Crippen molar-refractivity contribution in [1.29, 1.82) is 0 Å². The van der Waals surface area contributed by atoms with Gasteiger partial charge in [0.15, 0.2) is 33.3 Å². The van der Waals surface area contributed by atoms with Gasteiger partial charge in [-0.3, -0.25) is 9.13 Å². The fourth-order valence-corrected chi connectivity index (χ4v) is 17.2. The number of aromatic nitrogens is 4. The molecule has 2 aliphatic heterocycles. The highest BCUT2D eigenvalue weighted by Gasteiger charge is 2.64. The largest absolute Gasteiger partial charge is 0.390 e. The number of anilines is 2. The summed E-state index contributed by atoms with van der Waals surface area (Å²) in [6, 6.07) is -1.74. The summed E-state index contributed by atoms with van der Waals surface area (Å²) < 4.78 is 43.3. The zero-order valence-corrected chi connectivity index (χ0v) is 38.4. The van der Waals surface area contributed by atoms with Crippen LogP contribution in [0, 0.1) is 11.8 Å². The Morgan fingerprint density at radius 3 is 1.39 bits per heavy atom. The van der Waals surface area contributed by atoms with Crippen molar-refractivity contribution in [2.75, 3.05) is 36.7 Å². The number of nitrogens with zero attached hydrogens (tertiary/aromatic N) is 8. The van der Waals surface area contributed by atoms with Gasteiger partial charge in [0.2, 0.25) is 13.0 Å². The van der Waals surface area contributed by atoms with E-state index in [2.05, 4.69) is 40.4 Å². The van der Waals surface area contributed by atoms with Crippen LogP contribution in [0.25, 0.3) is 0 Å². The number of thioether (sulfide) groups is 2. The summed E-state index contributed by atoms with van der Waals surface area (Å²) in [5, 5.41) is 60.2. The first kappa shape index (κ1) is 48.0. The van der Waals surface area contributed by atoms with Crippen molar-refractivity contribution < 1.29 is 67.2 Å². The molecule has 0 radical (unpaired) electrons. The van der Waals surface area contributed by atoms with Crippen LogP contribution in [0.3, 0.4) is 0 Å². The molecule has 6 rings (SSSR count). The van der Waals surface area contributed by atoms with Crippen molar-refractivity contribution in [2.45, 2.75) is 75.7 Å². The van der Waals surface area contributed by atoms with E-state index in [9.17, 15) is 49.1 Å². The molecule has 2 aliphatic carbocycles. The maximum atomic E-state index is 13.3. The average molecular weight is 1020 g/mol. The lowest BCUT2D eigenvalue weighted by Crippen LogP contribution is -2.33. The molecule has 24 nitrogen and oxygen atoms in total. The number of aliphatic hydroxyl groups excluding tert-OH is 4. The Balaban J connectivity index is 1.05. The number of halogens is 2. The van der Waals surface area contributed by atoms with Gasteiger partial charge in [-0.15, -0.1) is 10.2 Å². The molecule has 2 aromatic rings. The molecule has 0 bridgehead atoms. The van der Waals surface area contributed by atoms with E-state index in [4.69, 9.17) is 76.4 Å². The van der Waals surface area contributed by atoms with Crippen LogP contribution in [0.2, 0.25) is 0 Å². The lowest BCUT2D eigenvalue weighted by Gasteiger charge is -2.32. The summed E-state index contributed by atoms with van der Waals surface area (Å²) in [7, 11) is -11.9. The molecule has 2 saturated carbocycles. The van der Waals surface area contributed by atoms with Crippen LogP contribution in [-0.2, 0) is 50.8 Å². The Labute approximate surface area is 362 Å². The number of azo groups is 2. The van der Waals surface area contributed by atoms with Crippen LogP contribution >= 0.6 is 74.9 Å². The van der Waals surface area contributed by atoms with Crippen LogP contribution in [0.5, 0.6) is 0 Å². The fourth-order valence-electron chi connectivity index (χ4n) is 6.70. The van der Waals surface area contributed by atoms with Crippen molar-refractivity contribution in [3.63, 3.8) is 0 Å². The molecular formula is C25H36Cl2N10O14P4S4. The van der Waals surface area contributed by atoms with Crippen molar-refractivity contribution in [3.8, 4) is 0 Å². The molecule has 0 saturated heterocycles. The Hall–Kier alpha value is -0.480. The zero-order chi connectivity index (χ0) is 43.6. The van der Waals surface area contributed by atoms with Gasteiger partial charge in [-0.1, -0.05) is 46.7 Å². The third-order valence-electron chi connectivity index (χ3n) is 9.54. The molecule has 34 heteroatoms. The molecule has 59 heavy (non-hydrogen) atoms. The second-order valence-corrected chi connectivity index (χ2v) is 28.9. The van der Waals surface area contributed by atoms with Gasteiger partial charge < -0.3 is 60.9 Å². The van der Waals surface area contributed by atoms with Gasteiger partial charge in [0.05, 0.1) is 24.4 Å². The second-order valence-electron chi connectivity index (χ2n) is 13.4. The minimum atomic E-state index is -5.96. The predicted molar refractivity (Wildman–Crippen MR) is 220 cm³/mol. The van der Waals surface area contributed by atoms with Crippen LogP contribution in [0.15, 0.2) is 30.8 Å². The molecule has 4 aliphatic rings. The Morgan fingerprint density at radius 1 is 0.695 bits per heavy atom. The molecule has 14 atom stereocenters. The minimum Gasteiger partial charge on any atom is -0.390 e. The van der Waals surface area contributed by atoms with E-state index in [1.807, 2.05) is 0 Å². The van der Waals surface area contributed by atoms with E-state index >= 15 is 0 Å². The Bertz CT molecular complexity index is 2100. The van der Waals surface area contributed by atoms with Crippen LogP contribution in [-0.4, -0.2) is 126 Å². The maximum absolute atomic E-state index is 13.3. The first-order valence-corrected chi connectivity index (χ1v) is 28.7. The van der Waals surface area contributed by atoms with Crippen molar-refractivity contribution >= 4 is 122 Å². The summed E-state index contributed by atoms with van der Waals surface area (Å²) >= 11 is 24.1. The lowest BCUT2D eigenvalue weighted by molar-refractivity contribution is -0.0484. The molecule has 0 spiro atoms. The molecule has 328 valence electrons. The molecule has 2 fully saturated rings. The number of hydrogen-bond donors (Lipinski definition) is 10. The Morgan fingerprint density at radius 2 is 1.05 bits per heavy atom. The number of ether oxygens (including phenoxy) is 2. The molecule has 2 aromatic heterocycles. The summed E-state index contributed by atoms with van der Waals surface area (Å²) in [6.07, 6.45) is -7.58. The summed E-state index contributed by atoms with van der Waals surface area (Å²) in [5.41, 5.74) is 12.9. The zero-order valence-electron chi connectivity index (χ0n) is 30.0. The number of rotatable bonds is 16. The molecule has 4 heterocycles. The first-order valence-electron chi connectivity index (χ1n) is 16.6. The smallest absolute Gasteiger partial charge is 0.382 e. The van der Waals surface area contributed by atoms with Crippen LogP contribution < -0.4 is 11.5 Å². The lowest BCUT2D eigenvalue weighted by atomic mass is 9.93. The second kappa shape index (κ2) is 17.8. The van der Waals surface area contributed by atoms with Crippen LogP contribution in [0.4, 0.5) is 23.0 Å². The van der Waals surface area contributed by atoms with E-state index in [1.165, 1.54) is 23.5 Å². The number of nitrogen functional groups attached to an aromatic ring is 2. The highest BCUT2D eigenvalue weighted by molar-refractivity contribution is 8.12. The van der Waals surface area contributed by atoms with E-state index in [0.29, 0.717) is 21.7 Å². The number of alkyl halides is 2. The maximum Gasteiger partial charge on any atom is 0.382 e. The molecular weight excluding hydrogens is 987 g/mol.